The first kappa shape index (κ1) is 16.6. The minimum atomic E-state index is 0.104. The predicted molar refractivity (Wildman–Crippen MR) is 85.5 cm³/mol. The van der Waals surface area contributed by atoms with Gasteiger partial charge in [-0.15, -0.1) is 0 Å². The molecule has 108 valence electrons. The summed E-state index contributed by atoms with van der Waals surface area (Å²) < 4.78 is 1.03. The van der Waals surface area contributed by atoms with Crippen LogP contribution in [-0.2, 0) is 6.42 Å². The lowest BCUT2D eigenvalue weighted by molar-refractivity contribution is 0.0940. The van der Waals surface area contributed by atoms with Gasteiger partial charge in [0.05, 0.1) is 0 Å². The molecule has 1 atom stereocenters. The van der Waals surface area contributed by atoms with Gasteiger partial charge in [0, 0.05) is 34.4 Å². The smallest absolute Gasteiger partial charge is 0.0420 e. The highest BCUT2D eigenvalue weighted by molar-refractivity contribution is 9.10. The Kier molecular flexibility index (Phi) is 6.43. The summed E-state index contributed by atoms with van der Waals surface area (Å²) in [6.07, 6.45) is 2.81. The first-order chi connectivity index (χ1) is 8.95. The molecule has 1 heterocycles. The summed E-state index contributed by atoms with van der Waals surface area (Å²) >= 11 is 3.43. The molecule has 1 aromatic heterocycles. The molecule has 0 spiro atoms. The van der Waals surface area contributed by atoms with Crippen LogP contribution in [0.5, 0.6) is 0 Å². The lowest BCUT2D eigenvalue weighted by Gasteiger charge is -2.43. The van der Waals surface area contributed by atoms with Gasteiger partial charge in [-0.25, -0.2) is 0 Å². The van der Waals surface area contributed by atoms with Crippen molar-refractivity contribution in [1.29, 1.82) is 0 Å². The van der Waals surface area contributed by atoms with Gasteiger partial charge < -0.3 is 5.32 Å². The van der Waals surface area contributed by atoms with Crippen LogP contribution in [0.15, 0.2) is 22.8 Å². The van der Waals surface area contributed by atoms with E-state index in [1.807, 2.05) is 13.2 Å². The first-order valence-electron chi connectivity index (χ1n) is 6.98. The molecule has 4 heteroatoms. The first-order valence-corrected chi connectivity index (χ1v) is 7.77. The van der Waals surface area contributed by atoms with Crippen molar-refractivity contribution in [2.24, 2.45) is 0 Å². The zero-order valence-electron chi connectivity index (χ0n) is 12.7. The normalized spacial score (nSPS) is 13.8. The van der Waals surface area contributed by atoms with Crippen LogP contribution in [0.4, 0.5) is 0 Å². The lowest BCUT2D eigenvalue weighted by atomic mass is 9.88. The van der Waals surface area contributed by atoms with Gasteiger partial charge >= 0.3 is 0 Å². The van der Waals surface area contributed by atoms with E-state index in [0.717, 1.165) is 29.7 Å². The molecule has 0 aliphatic carbocycles. The van der Waals surface area contributed by atoms with Crippen molar-refractivity contribution in [1.82, 2.24) is 15.2 Å². The number of nitrogens with one attached hydrogen (secondary N) is 1. The topological polar surface area (TPSA) is 28.2 Å². The Morgan fingerprint density at radius 2 is 1.95 bits per heavy atom. The van der Waals surface area contributed by atoms with E-state index in [2.05, 4.69) is 71.0 Å². The summed E-state index contributed by atoms with van der Waals surface area (Å²) in [6.45, 7) is 11.2. The van der Waals surface area contributed by atoms with Crippen molar-refractivity contribution in [3.63, 3.8) is 0 Å². The summed E-state index contributed by atoms with van der Waals surface area (Å²) in [6, 6.07) is 4.52. The number of hydrogen-bond donors (Lipinski definition) is 1. The van der Waals surface area contributed by atoms with Crippen LogP contribution in [0.3, 0.4) is 0 Å². The van der Waals surface area contributed by atoms with E-state index in [1.54, 1.807) is 0 Å². The van der Waals surface area contributed by atoms with E-state index in [0.29, 0.717) is 6.04 Å². The van der Waals surface area contributed by atoms with Gasteiger partial charge in [0.2, 0.25) is 0 Å². The molecular weight excluding hydrogens is 302 g/mol. The monoisotopic (exact) mass is 327 g/mol. The largest absolute Gasteiger partial charge is 0.315 e. The van der Waals surface area contributed by atoms with Gasteiger partial charge in [-0.3, -0.25) is 9.88 Å². The molecule has 19 heavy (non-hydrogen) atoms. The number of aromatic nitrogens is 1. The molecule has 1 unspecified atom stereocenters. The average Bonchev–Trinajstić information content (AvgIpc) is 2.38. The number of halogens is 1. The van der Waals surface area contributed by atoms with Crippen molar-refractivity contribution in [2.75, 3.05) is 20.1 Å². The second-order valence-electron chi connectivity index (χ2n) is 5.34. The number of pyridine rings is 1. The van der Waals surface area contributed by atoms with E-state index < -0.39 is 0 Å². The third-order valence-electron chi connectivity index (χ3n) is 3.98. The highest BCUT2D eigenvalue weighted by atomic mass is 79.9. The highest BCUT2D eigenvalue weighted by Gasteiger charge is 2.33. The average molecular weight is 328 g/mol. The Balaban J connectivity index is 2.84. The summed E-state index contributed by atoms with van der Waals surface area (Å²) in [5.74, 6) is 0. The highest BCUT2D eigenvalue weighted by Crippen LogP contribution is 2.21. The van der Waals surface area contributed by atoms with Crippen molar-refractivity contribution < 1.29 is 0 Å². The molecule has 0 fully saturated rings. The maximum Gasteiger partial charge on any atom is 0.0420 e. The van der Waals surface area contributed by atoms with Gasteiger partial charge in [0.15, 0.2) is 0 Å². The Labute approximate surface area is 125 Å². The maximum atomic E-state index is 4.49. The van der Waals surface area contributed by atoms with Crippen molar-refractivity contribution in [3.05, 3.63) is 28.5 Å². The fourth-order valence-electron chi connectivity index (χ4n) is 2.70. The zero-order valence-corrected chi connectivity index (χ0v) is 14.3. The molecule has 0 aromatic carbocycles. The minimum absolute atomic E-state index is 0.104. The Morgan fingerprint density at radius 1 is 1.32 bits per heavy atom. The zero-order chi connectivity index (χ0) is 14.5. The van der Waals surface area contributed by atoms with Crippen molar-refractivity contribution >= 4 is 15.9 Å². The third kappa shape index (κ3) is 4.26. The molecule has 0 amide bonds. The van der Waals surface area contributed by atoms with Gasteiger partial charge in [-0.1, -0.05) is 13.8 Å². The summed E-state index contributed by atoms with van der Waals surface area (Å²) in [5, 5.41) is 3.46. The summed E-state index contributed by atoms with van der Waals surface area (Å²) in [7, 11) is 2.04. The SMILES string of the molecule is CCN(CC)C(C)(C)C(Cc1ccc(Br)cn1)NC. The molecule has 0 saturated carbocycles. The molecule has 0 bridgehead atoms. The third-order valence-corrected chi connectivity index (χ3v) is 4.45. The van der Waals surface area contributed by atoms with Crippen molar-refractivity contribution in [3.8, 4) is 0 Å². The van der Waals surface area contributed by atoms with Crippen molar-refractivity contribution in [2.45, 2.75) is 45.7 Å². The Morgan fingerprint density at radius 3 is 2.37 bits per heavy atom. The summed E-state index contributed by atoms with van der Waals surface area (Å²) in [5.41, 5.74) is 1.23. The molecule has 3 nitrogen and oxygen atoms in total. The lowest BCUT2D eigenvalue weighted by Crippen LogP contribution is -2.57. The number of rotatable bonds is 7. The fraction of sp³-hybridized carbons (Fsp3) is 0.667. The van der Waals surface area contributed by atoms with Crippen LogP contribution >= 0.6 is 15.9 Å². The van der Waals surface area contributed by atoms with E-state index in [-0.39, 0.29) is 5.54 Å². The Hall–Kier alpha value is -0.450. The summed E-state index contributed by atoms with van der Waals surface area (Å²) in [4.78, 5) is 6.98. The molecule has 1 rings (SSSR count). The number of likely N-dealkylation sites (N-methyl/N-ethyl adjacent to an activating group) is 2. The molecule has 0 aliphatic rings. The Bertz CT molecular complexity index is 371. The van der Waals surface area contributed by atoms with Gasteiger partial charge in [0.1, 0.15) is 0 Å². The molecule has 0 saturated heterocycles. The molecule has 0 radical (unpaired) electrons. The molecule has 1 N–H and O–H groups in total. The van der Waals surface area contributed by atoms with E-state index >= 15 is 0 Å². The van der Waals surface area contributed by atoms with E-state index in [9.17, 15) is 0 Å². The van der Waals surface area contributed by atoms with Gasteiger partial charge in [-0.2, -0.15) is 0 Å². The van der Waals surface area contributed by atoms with E-state index in [1.165, 1.54) is 0 Å². The van der Waals surface area contributed by atoms with Crippen LogP contribution in [0.1, 0.15) is 33.4 Å². The van der Waals surface area contributed by atoms with Crippen LogP contribution in [0.25, 0.3) is 0 Å². The predicted octanol–water partition coefficient (Wildman–Crippen LogP) is 3.10. The second kappa shape index (κ2) is 7.36. The van der Waals surface area contributed by atoms with Crippen LogP contribution < -0.4 is 5.32 Å². The number of nitrogens with zero attached hydrogens (tertiary/aromatic N) is 2. The molecule has 0 aliphatic heterocycles. The standard InChI is InChI=1S/C15H26BrN3/c1-6-19(7-2)15(3,4)14(17-5)10-13-9-8-12(16)11-18-13/h8-9,11,14,17H,6-7,10H2,1-5H3. The molecule has 1 aromatic rings. The van der Waals surface area contributed by atoms with Crippen LogP contribution in [0, 0.1) is 0 Å². The van der Waals surface area contributed by atoms with Gasteiger partial charge in [0.25, 0.3) is 0 Å². The van der Waals surface area contributed by atoms with Gasteiger partial charge in [-0.05, 0) is 62.0 Å². The van der Waals surface area contributed by atoms with Crippen LogP contribution in [0.2, 0.25) is 0 Å². The van der Waals surface area contributed by atoms with E-state index in [4.69, 9.17) is 0 Å². The maximum absolute atomic E-state index is 4.49. The molecular formula is C15H26BrN3. The quantitative estimate of drug-likeness (QED) is 0.834. The van der Waals surface area contributed by atoms with Crippen LogP contribution in [-0.4, -0.2) is 41.6 Å². The minimum Gasteiger partial charge on any atom is -0.315 e. The second-order valence-corrected chi connectivity index (χ2v) is 6.25. The number of hydrogen-bond acceptors (Lipinski definition) is 3. The fourth-order valence-corrected chi connectivity index (χ4v) is 2.93.